The van der Waals surface area contributed by atoms with Crippen LogP contribution in [0.1, 0.15) is 34.0 Å². The molecule has 0 spiro atoms. The van der Waals surface area contributed by atoms with Crippen LogP contribution in [0.2, 0.25) is 0 Å². The molecule has 0 bridgehead atoms. The minimum absolute atomic E-state index is 0.0212. The van der Waals surface area contributed by atoms with E-state index < -0.39 is 17.5 Å². The molecule has 1 amide bonds. The van der Waals surface area contributed by atoms with Crippen molar-refractivity contribution >= 4 is 5.91 Å². The first kappa shape index (κ1) is 16.5. The number of hydrogen-bond acceptors (Lipinski definition) is 3. The molecule has 0 radical (unpaired) electrons. The molecule has 1 heterocycles. The van der Waals surface area contributed by atoms with Crippen molar-refractivity contribution in [1.82, 2.24) is 5.32 Å². The molecule has 0 unspecified atom stereocenters. The Bertz CT molecular complexity index is 752. The number of rotatable bonds is 5. The smallest absolute Gasteiger partial charge is 0.248 e. The fraction of sp³-hybridized carbons (Fsp3) is 0.278. The maximum atomic E-state index is 13.4. The predicted molar refractivity (Wildman–Crippen MR) is 85.3 cm³/mol. The van der Waals surface area contributed by atoms with Gasteiger partial charge in [0, 0.05) is 24.8 Å². The highest BCUT2D eigenvalue weighted by atomic mass is 19.2. The molecule has 1 fully saturated rings. The average Bonchev–Trinajstić information content (AvgIpc) is 3.04. The molecule has 4 nitrogen and oxygen atoms in total. The van der Waals surface area contributed by atoms with E-state index in [1.54, 1.807) is 18.2 Å². The fourth-order valence-electron chi connectivity index (χ4n) is 2.90. The molecule has 24 heavy (non-hydrogen) atoms. The SMILES string of the molecule is NC(=O)c1cccc(CN[C@H]2CCO[C@@H]2c2ccc(F)c(F)c2)c1. The van der Waals surface area contributed by atoms with Crippen LogP contribution >= 0.6 is 0 Å². The summed E-state index contributed by atoms with van der Waals surface area (Å²) in [5.74, 6) is -2.22. The monoisotopic (exact) mass is 332 g/mol. The second-order valence-electron chi connectivity index (χ2n) is 5.81. The minimum atomic E-state index is -0.879. The van der Waals surface area contributed by atoms with E-state index in [1.165, 1.54) is 12.1 Å². The van der Waals surface area contributed by atoms with Crippen LogP contribution in [-0.4, -0.2) is 18.6 Å². The Morgan fingerprint density at radius 1 is 1.21 bits per heavy atom. The van der Waals surface area contributed by atoms with E-state index in [1.807, 2.05) is 6.07 Å². The highest BCUT2D eigenvalue weighted by Gasteiger charge is 2.29. The molecule has 1 aliphatic heterocycles. The van der Waals surface area contributed by atoms with Crippen LogP contribution in [0.15, 0.2) is 42.5 Å². The fourth-order valence-corrected chi connectivity index (χ4v) is 2.90. The number of primary amides is 1. The van der Waals surface area contributed by atoms with Gasteiger partial charge in [0.05, 0.1) is 6.10 Å². The van der Waals surface area contributed by atoms with Crippen molar-refractivity contribution in [2.75, 3.05) is 6.61 Å². The van der Waals surface area contributed by atoms with Gasteiger partial charge in [-0.15, -0.1) is 0 Å². The van der Waals surface area contributed by atoms with E-state index in [2.05, 4.69) is 5.32 Å². The summed E-state index contributed by atoms with van der Waals surface area (Å²) in [6, 6.07) is 10.9. The zero-order chi connectivity index (χ0) is 17.1. The van der Waals surface area contributed by atoms with Gasteiger partial charge in [0.2, 0.25) is 5.91 Å². The van der Waals surface area contributed by atoms with Crippen molar-refractivity contribution in [3.63, 3.8) is 0 Å². The number of carbonyl (C=O) groups excluding carboxylic acids is 1. The van der Waals surface area contributed by atoms with E-state index in [0.717, 1.165) is 18.1 Å². The molecule has 6 heteroatoms. The Hall–Kier alpha value is -2.31. The van der Waals surface area contributed by atoms with Crippen LogP contribution < -0.4 is 11.1 Å². The van der Waals surface area contributed by atoms with Crippen LogP contribution in [0.5, 0.6) is 0 Å². The number of amides is 1. The lowest BCUT2D eigenvalue weighted by molar-refractivity contribution is 0.0980. The molecule has 0 saturated carbocycles. The van der Waals surface area contributed by atoms with Crippen LogP contribution in [0.3, 0.4) is 0 Å². The normalized spacial score (nSPS) is 20.2. The molecule has 0 aliphatic carbocycles. The van der Waals surface area contributed by atoms with Crippen molar-refractivity contribution in [3.8, 4) is 0 Å². The number of nitrogens with one attached hydrogen (secondary N) is 1. The Morgan fingerprint density at radius 3 is 2.79 bits per heavy atom. The molecule has 1 aliphatic rings. The van der Waals surface area contributed by atoms with Gasteiger partial charge in [0.25, 0.3) is 0 Å². The van der Waals surface area contributed by atoms with E-state index in [-0.39, 0.29) is 12.1 Å². The molecule has 3 N–H and O–H groups in total. The predicted octanol–water partition coefficient (Wildman–Crippen LogP) is 2.68. The number of halogens is 2. The van der Waals surface area contributed by atoms with Gasteiger partial charge < -0.3 is 15.8 Å². The third-order valence-corrected chi connectivity index (χ3v) is 4.14. The summed E-state index contributed by atoms with van der Waals surface area (Å²) in [5.41, 5.74) is 7.26. The summed E-state index contributed by atoms with van der Waals surface area (Å²) in [7, 11) is 0. The Balaban J connectivity index is 1.69. The second-order valence-corrected chi connectivity index (χ2v) is 5.81. The number of nitrogens with two attached hydrogens (primary N) is 1. The van der Waals surface area contributed by atoms with Gasteiger partial charge in [-0.1, -0.05) is 18.2 Å². The zero-order valence-corrected chi connectivity index (χ0v) is 13.0. The molecule has 2 aromatic carbocycles. The standard InChI is InChI=1S/C18H18F2N2O2/c19-14-5-4-12(9-15(14)20)17-16(6-7-24-17)22-10-11-2-1-3-13(8-11)18(21)23/h1-5,8-9,16-17,22H,6-7,10H2,(H2,21,23)/t16-,17+/m0/s1. The van der Waals surface area contributed by atoms with Gasteiger partial charge in [0.1, 0.15) is 0 Å². The van der Waals surface area contributed by atoms with Crippen molar-refractivity contribution in [1.29, 1.82) is 0 Å². The van der Waals surface area contributed by atoms with Crippen molar-refractivity contribution in [2.24, 2.45) is 5.73 Å². The van der Waals surface area contributed by atoms with Crippen molar-refractivity contribution in [2.45, 2.75) is 25.1 Å². The lowest BCUT2D eigenvalue weighted by atomic mass is 10.0. The van der Waals surface area contributed by atoms with E-state index >= 15 is 0 Å². The quantitative estimate of drug-likeness (QED) is 0.885. The zero-order valence-electron chi connectivity index (χ0n) is 13.0. The molecule has 2 atom stereocenters. The van der Waals surface area contributed by atoms with Crippen LogP contribution in [0.25, 0.3) is 0 Å². The summed E-state index contributed by atoms with van der Waals surface area (Å²) >= 11 is 0. The minimum Gasteiger partial charge on any atom is -0.372 e. The lowest BCUT2D eigenvalue weighted by Gasteiger charge is -2.20. The summed E-state index contributed by atoms with van der Waals surface area (Å²) in [5, 5.41) is 3.35. The van der Waals surface area contributed by atoms with E-state index in [9.17, 15) is 13.6 Å². The first-order valence-electron chi connectivity index (χ1n) is 7.73. The van der Waals surface area contributed by atoms with E-state index in [0.29, 0.717) is 24.3 Å². The number of carbonyl (C=O) groups is 1. The van der Waals surface area contributed by atoms with Crippen molar-refractivity contribution < 1.29 is 18.3 Å². The largest absolute Gasteiger partial charge is 0.372 e. The van der Waals surface area contributed by atoms with Crippen molar-refractivity contribution in [3.05, 3.63) is 70.8 Å². The Morgan fingerprint density at radius 2 is 2.04 bits per heavy atom. The molecule has 0 aromatic heterocycles. The Labute approximate surface area is 138 Å². The third-order valence-electron chi connectivity index (χ3n) is 4.14. The molecule has 3 rings (SSSR count). The number of benzene rings is 2. The molecular weight excluding hydrogens is 314 g/mol. The highest BCUT2D eigenvalue weighted by molar-refractivity contribution is 5.92. The van der Waals surface area contributed by atoms with Gasteiger partial charge in [-0.3, -0.25) is 4.79 Å². The summed E-state index contributed by atoms with van der Waals surface area (Å²) in [4.78, 5) is 11.2. The lowest BCUT2D eigenvalue weighted by Crippen LogP contribution is -2.31. The number of hydrogen-bond donors (Lipinski definition) is 2. The van der Waals surface area contributed by atoms with E-state index in [4.69, 9.17) is 10.5 Å². The third kappa shape index (κ3) is 3.60. The maximum Gasteiger partial charge on any atom is 0.248 e. The highest BCUT2D eigenvalue weighted by Crippen LogP contribution is 2.30. The molecule has 2 aromatic rings. The molecule has 126 valence electrons. The summed E-state index contributed by atoms with van der Waals surface area (Å²) in [6.07, 6.45) is 0.429. The first-order valence-corrected chi connectivity index (χ1v) is 7.73. The van der Waals surface area contributed by atoms with Crippen LogP contribution in [0.4, 0.5) is 8.78 Å². The number of ether oxygens (including phenoxy) is 1. The van der Waals surface area contributed by atoms with Gasteiger partial charge >= 0.3 is 0 Å². The second kappa shape index (κ2) is 7.07. The maximum absolute atomic E-state index is 13.4. The average molecular weight is 332 g/mol. The van der Waals surface area contributed by atoms with Gasteiger partial charge in [-0.25, -0.2) is 8.78 Å². The summed E-state index contributed by atoms with van der Waals surface area (Å²) in [6.45, 7) is 1.07. The topological polar surface area (TPSA) is 64.4 Å². The molecular formula is C18H18F2N2O2. The van der Waals surface area contributed by atoms with Gasteiger partial charge in [-0.05, 0) is 41.8 Å². The van der Waals surface area contributed by atoms with Gasteiger partial charge in [0.15, 0.2) is 11.6 Å². The van der Waals surface area contributed by atoms with Crippen LogP contribution in [0, 0.1) is 11.6 Å². The van der Waals surface area contributed by atoms with Gasteiger partial charge in [-0.2, -0.15) is 0 Å². The summed E-state index contributed by atoms with van der Waals surface area (Å²) < 4.78 is 32.2. The van der Waals surface area contributed by atoms with Crippen LogP contribution in [-0.2, 0) is 11.3 Å². The Kier molecular flexibility index (Phi) is 4.87. The molecule has 1 saturated heterocycles. The first-order chi connectivity index (χ1) is 11.5.